The molecule has 2 aromatic carbocycles. The van der Waals surface area contributed by atoms with E-state index in [-0.39, 0.29) is 18.1 Å². The summed E-state index contributed by atoms with van der Waals surface area (Å²) in [5.74, 6) is -0.104. The number of carbonyl (C=O) groups excluding carboxylic acids is 1. The molecule has 0 spiro atoms. The minimum Gasteiger partial charge on any atom is -0.308 e. The van der Waals surface area contributed by atoms with Gasteiger partial charge in [-0.15, -0.1) is 0 Å². The maximum absolute atomic E-state index is 11.3. The van der Waals surface area contributed by atoms with Crippen molar-refractivity contribution in [1.82, 2.24) is 0 Å². The summed E-state index contributed by atoms with van der Waals surface area (Å²) in [4.78, 5) is 11.3. The Morgan fingerprint density at radius 2 is 1.37 bits per heavy atom. The van der Waals surface area contributed by atoms with Crippen molar-refractivity contribution in [3.05, 3.63) is 71.8 Å². The van der Waals surface area contributed by atoms with Crippen LogP contribution >= 0.6 is 0 Å². The molecule has 96 valence electrons. The Balaban J connectivity index is 2.40. The Hall–Kier alpha value is -2.22. The van der Waals surface area contributed by atoms with E-state index in [0.717, 1.165) is 11.1 Å². The van der Waals surface area contributed by atoms with Gasteiger partial charge in [0.15, 0.2) is 0 Å². The van der Waals surface area contributed by atoms with Gasteiger partial charge >= 0.3 is 0 Å². The van der Waals surface area contributed by atoms with Crippen molar-refractivity contribution in [2.24, 2.45) is 0 Å². The molecule has 0 fully saturated rings. The van der Waals surface area contributed by atoms with Crippen molar-refractivity contribution in [3.8, 4) is 0 Å². The number of benzene rings is 2. The van der Waals surface area contributed by atoms with Crippen LogP contribution in [0.1, 0.15) is 30.4 Å². The topological polar surface area (TPSA) is 40.9 Å². The van der Waals surface area contributed by atoms with Gasteiger partial charge in [-0.05, 0) is 18.1 Å². The number of ketones is 1. The molecular weight excluding hydrogens is 234 g/mol. The molecule has 2 heteroatoms. The van der Waals surface area contributed by atoms with E-state index in [2.05, 4.69) is 0 Å². The maximum Gasteiger partial charge on any atom is 0.135 e. The van der Waals surface area contributed by atoms with Crippen LogP contribution in [0.25, 0.3) is 0 Å². The van der Waals surface area contributed by atoms with Crippen molar-refractivity contribution in [1.29, 1.82) is 5.41 Å². The first-order valence-electron chi connectivity index (χ1n) is 6.35. The van der Waals surface area contributed by atoms with Crippen molar-refractivity contribution in [2.45, 2.75) is 19.3 Å². The standard InChI is InChI=1S/C17H17NO/c1-13(19)12-16(18)17(14-8-4-2-5-9-14)15-10-6-3-7-11-15/h2-11,17-18H,12H2,1H3. The summed E-state index contributed by atoms with van der Waals surface area (Å²) in [6.07, 6.45) is 0.203. The Labute approximate surface area is 113 Å². The molecule has 1 N–H and O–H groups in total. The molecule has 2 nitrogen and oxygen atoms in total. The maximum atomic E-state index is 11.3. The number of nitrogens with one attached hydrogen (secondary N) is 1. The molecular formula is C17H17NO. The van der Waals surface area contributed by atoms with Crippen LogP contribution < -0.4 is 0 Å². The van der Waals surface area contributed by atoms with Gasteiger partial charge in [0.05, 0.1) is 0 Å². The third kappa shape index (κ3) is 3.38. The highest BCUT2D eigenvalue weighted by atomic mass is 16.1. The molecule has 0 aliphatic heterocycles. The van der Waals surface area contributed by atoms with E-state index in [0.29, 0.717) is 5.71 Å². The van der Waals surface area contributed by atoms with Gasteiger partial charge in [-0.1, -0.05) is 60.7 Å². The summed E-state index contributed by atoms with van der Waals surface area (Å²) in [5.41, 5.74) is 2.56. The molecule has 2 aromatic rings. The second-order valence-corrected chi connectivity index (χ2v) is 4.66. The van der Waals surface area contributed by atoms with Crippen molar-refractivity contribution < 1.29 is 4.79 Å². The zero-order chi connectivity index (χ0) is 13.7. The molecule has 0 saturated heterocycles. The monoisotopic (exact) mass is 251 g/mol. The lowest BCUT2D eigenvalue weighted by molar-refractivity contribution is -0.115. The summed E-state index contributed by atoms with van der Waals surface area (Å²) in [5, 5.41) is 8.23. The smallest absolute Gasteiger partial charge is 0.135 e. The van der Waals surface area contributed by atoms with Crippen LogP contribution in [0.3, 0.4) is 0 Å². The van der Waals surface area contributed by atoms with Crippen LogP contribution in [0.2, 0.25) is 0 Å². The van der Waals surface area contributed by atoms with E-state index in [1.807, 2.05) is 60.7 Å². The Morgan fingerprint density at radius 1 is 0.947 bits per heavy atom. The summed E-state index contributed by atoms with van der Waals surface area (Å²) in [6.45, 7) is 1.53. The average molecular weight is 251 g/mol. The van der Waals surface area contributed by atoms with Crippen molar-refractivity contribution >= 4 is 11.5 Å². The summed E-state index contributed by atoms with van der Waals surface area (Å²) < 4.78 is 0. The quantitative estimate of drug-likeness (QED) is 0.806. The van der Waals surface area contributed by atoms with Crippen LogP contribution in [0.4, 0.5) is 0 Å². The SMILES string of the molecule is CC(=O)CC(=N)C(c1ccccc1)c1ccccc1. The van der Waals surface area contributed by atoms with Gasteiger partial charge in [0.2, 0.25) is 0 Å². The number of hydrogen-bond acceptors (Lipinski definition) is 2. The van der Waals surface area contributed by atoms with Crippen LogP contribution in [0, 0.1) is 5.41 Å². The van der Waals surface area contributed by atoms with Crippen molar-refractivity contribution in [2.75, 3.05) is 0 Å². The molecule has 0 aliphatic carbocycles. The lowest BCUT2D eigenvalue weighted by Gasteiger charge is -2.18. The highest BCUT2D eigenvalue weighted by Gasteiger charge is 2.19. The summed E-state index contributed by atoms with van der Waals surface area (Å²) >= 11 is 0. The van der Waals surface area contributed by atoms with Crippen molar-refractivity contribution in [3.63, 3.8) is 0 Å². The van der Waals surface area contributed by atoms with Gasteiger partial charge in [0.25, 0.3) is 0 Å². The van der Waals surface area contributed by atoms with E-state index in [9.17, 15) is 4.79 Å². The van der Waals surface area contributed by atoms with Gasteiger partial charge in [-0.3, -0.25) is 4.79 Å². The van der Waals surface area contributed by atoms with E-state index in [1.54, 1.807) is 0 Å². The first-order valence-corrected chi connectivity index (χ1v) is 6.35. The first kappa shape index (κ1) is 13.2. The third-order valence-electron chi connectivity index (χ3n) is 3.05. The second kappa shape index (κ2) is 6.10. The molecule has 2 rings (SSSR count). The minimum atomic E-state index is -0.133. The minimum absolute atomic E-state index is 0.0295. The van der Waals surface area contributed by atoms with Gasteiger partial charge in [0.1, 0.15) is 5.78 Å². The van der Waals surface area contributed by atoms with Crippen LogP contribution in [0.5, 0.6) is 0 Å². The fourth-order valence-electron chi connectivity index (χ4n) is 2.26. The number of Topliss-reactive ketones (excluding diaryl/α,β-unsaturated/α-hetero) is 1. The molecule has 0 amide bonds. The predicted molar refractivity (Wildman–Crippen MR) is 77.8 cm³/mol. The lowest BCUT2D eigenvalue weighted by atomic mass is 9.85. The highest BCUT2D eigenvalue weighted by molar-refractivity contribution is 6.04. The fraction of sp³-hybridized carbons (Fsp3) is 0.176. The molecule has 0 unspecified atom stereocenters. The number of rotatable bonds is 5. The van der Waals surface area contributed by atoms with Gasteiger partial charge in [0, 0.05) is 18.1 Å². The summed E-state index contributed by atoms with van der Waals surface area (Å²) in [7, 11) is 0. The average Bonchev–Trinajstić information content (AvgIpc) is 2.40. The molecule has 19 heavy (non-hydrogen) atoms. The molecule has 0 saturated carbocycles. The first-order chi connectivity index (χ1) is 9.18. The summed E-state index contributed by atoms with van der Waals surface area (Å²) in [6, 6.07) is 19.8. The lowest BCUT2D eigenvalue weighted by Crippen LogP contribution is -2.16. The third-order valence-corrected chi connectivity index (χ3v) is 3.05. The van der Waals surface area contributed by atoms with Gasteiger partial charge < -0.3 is 5.41 Å². The molecule has 0 heterocycles. The zero-order valence-corrected chi connectivity index (χ0v) is 11.0. The van der Waals surface area contributed by atoms with Gasteiger partial charge in [-0.2, -0.15) is 0 Å². The Kier molecular flexibility index (Phi) is 4.24. The van der Waals surface area contributed by atoms with E-state index < -0.39 is 0 Å². The van der Waals surface area contributed by atoms with E-state index >= 15 is 0 Å². The van der Waals surface area contributed by atoms with Gasteiger partial charge in [-0.25, -0.2) is 0 Å². The molecule has 0 bridgehead atoms. The molecule has 0 radical (unpaired) electrons. The second-order valence-electron chi connectivity index (χ2n) is 4.66. The largest absolute Gasteiger partial charge is 0.308 e. The van der Waals surface area contributed by atoms with Crippen LogP contribution in [0.15, 0.2) is 60.7 Å². The van der Waals surface area contributed by atoms with E-state index in [1.165, 1.54) is 6.92 Å². The zero-order valence-electron chi connectivity index (χ0n) is 11.0. The molecule has 0 atom stereocenters. The van der Waals surface area contributed by atoms with E-state index in [4.69, 9.17) is 5.41 Å². The fourth-order valence-corrected chi connectivity index (χ4v) is 2.26. The Bertz CT molecular complexity index is 521. The number of hydrogen-bond donors (Lipinski definition) is 1. The molecule has 0 aliphatic rings. The highest BCUT2D eigenvalue weighted by Crippen LogP contribution is 2.26. The van der Waals surface area contributed by atoms with Crippen LogP contribution in [-0.2, 0) is 4.79 Å². The van der Waals surface area contributed by atoms with Crippen LogP contribution in [-0.4, -0.2) is 11.5 Å². The molecule has 0 aromatic heterocycles. The number of carbonyl (C=O) groups is 1. The predicted octanol–water partition coefficient (Wildman–Crippen LogP) is 3.82. The normalized spacial score (nSPS) is 10.4. The Morgan fingerprint density at radius 3 is 1.74 bits per heavy atom.